The van der Waals surface area contributed by atoms with Crippen molar-refractivity contribution in [2.75, 3.05) is 13.3 Å². The van der Waals surface area contributed by atoms with Gasteiger partial charge in [-0.3, -0.25) is 0 Å². The van der Waals surface area contributed by atoms with Gasteiger partial charge in [0.15, 0.2) is 6.73 Å². The van der Waals surface area contributed by atoms with E-state index in [0.29, 0.717) is 18.4 Å². The van der Waals surface area contributed by atoms with Crippen LogP contribution >= 0.6 is 0 Å². The van der Waals surface area contributed by atoms with Crippen LogP contribution < -0.4 is 5.73 Å². The first-order valence-corrected chi connectivity index (χ1v) is 4.02. The minimum Gasteiger partial charge on any atom is -0.434 e. The molecule has 1 atom stereocenters. The molecule has 0 saturated carbocycles. The van der Waals surface area contributed by atoms with Crippen LogP contribution in [0, 0.1) is 11.8 Å². The van der Waals surface area contributed by atoms with Crippen molar-refractivity contribution in [3.8, 4) is 0 Å². The summed E-state index contributed by atoms with van der Waals surface area (Å²) in [5, 5.41) is 0. The average Bonchev–Trinajstić information content (AvgIpc) is 2.00. The number of hydrogen-bond donors (Lipinski definition) is 0. The maximum atomic E-state index is 10.6. The Morgan fingerprint density at radius 3 is 2.33 bits per heavy atom. The standard InChI is InChI=1S/C8H16NO3/c1-6(2)7(3)4-11-8(10)12-5-9/h6-7,9H,4-5H2,1-3H3. The fourth-order valence-electron chi connectivity index (χ4n) is 0.493. The van der Waals surface area contributed by atoms with Gasteiger partial charge in [-0.15, -0.1) is 0 Å². The van der Waals surface area contributed by atoms with E-state index in [9.17, 15) is 4.79 Å². The van der Waals surface area contributed by atoms with Gasteiger partial charge in [-0.25, -0.2) is 10.5 Å². The fourth-order valence-corrected chi connectivity index (χ4v) is 0.493. The minimum absolute atomic E-state index is 0.322. The molecule has 71 valence electrons. The van der Waals surface area contributed by atoms with Crippen LogP contribution in [0.25, 0.3) is 0 Å². The quantitative estimate of drug-likeness (QED) is 0.609. The summed E-state index contributed by atoms with van der Waals surface area (Å²) >= 11 is 0. The molecule has 0 aliphatic heterocycles. The maximum Gasteiger partial charge on any atom is 0.509 e. The molecule has 0 aromatic carbocycles. The number of nitrogens with one attached hydrogen (secondary N) is 1. The minimum atomic E-state index is -0.752. The monoisotopic (exact) mass is 174 g/mol. The van der Waals surface area contributed by atoms with Crippen molar-refractivity contribution >= 4 is 6.16 Å². The summed E-state index contributed by atoms with van der Waals surface area (Å²) in [5.41, 5.74) is 6.58. The van der Waals surface area contributed by atoms with Crippen LogP contribution in [-0.4, -0.2) is 19.5 Å². The highest BCUT2D eigenvalue weighted by Crippen LogP contribution is 2.09. The molecule has 12 heavy (non-hydrogen) atoms. The van der Waals surface area contributed by atoms with Gasteiger partial charge in [-0.2, -0.15) is 0 Å². The predicted molar refractivity (Wildman–Crippen MR) is 44.4 cm³/mol. The van der Waals surface area contributed by atoms with Crippen LogP contribution in [0.1, 0.15) is 20.8 Å². The molecule has 0 bridgehead atoms. The van der Waals surface area contributed by atoms with Crippen molar-refractivity contribution in [2.24, 2.45) is 11.8 Å². The number of ether oxygens (including phenoxy) is 2. The summed E-state index contributed by atoms with van der Waals surface area (Å²) in [5.74, 6) is 0.803. The summed E-state index contributed by atoms with van der Waals surface area (Å²) in [6.45, 7) is 6.09. The van der Waals surface area contributed by atoms with Gasteiger partial charge in [0.25, 0.3) is 0 Å². The number of carbonyl (C=O) groups excluding carboxylic acids is 1. The highest BCUT2D eigenvalue weighted by molar-refractivity contribution is 5.59. The molecule has 4 heteroatoms. The number of carbonyl (C=O) groups is 1. The van der Waals surface area contributed by atoms with E-state index in [4.69, 9.17) is 10.5 Å². The second-order valence-corrected chi connectivity index (χ2v) is 3.07. The molecule has 0 spiro atoms. The molecular weight excluding hydrogens is 158 g/mol. The molecule has 1 unspecified atom stereocenters. The zero-order valence-electron chi connectivity index (χ0n) is 7.79. The van der Waals surface area contributed by atoms with E-state index in [2.05, 4.69) is 18.6 Å². The molecule has 0 fully saturated rings. The highest BCUT2D eigenvalue weighted by Gasteiger charge is 2.10. The van der Waals surface area contributed by atoms with Gasteiger partial charge in [0.1, 0.15) is 0 Å². The van der Waals surface area contributed by atoms with Crippen LogP contribution in [0.4, 0.5) is 4.79 Å². The first-order chi connectivity index (χ1) is 5.57. The zero-order chi connectivity index (χ0) is 9.56. The second-order valence-electron chi connectivity index (χ2n) is 3.07. The fraction of sp³-hybridized carbons (Fsp3) is 0.875. The first-order valence-electron chi connectivity index (χ1n) is 4.02. The van der Waals surface area contributed by atoms with Crippen LogP contribution in [0.15, 0.2) is 0 Å². The Bertz CT molecular complexity index is 136. The van der Waals surface area contributed by atoms with Gasteiger partial charge < -0.3 is 9.47 Å². The molecule has 0 rings (SSSR count). The Balaban J connectivity index is 3.47. The van der Waals surface area contributed by atoms with E-state index >= 15 is 0 Å². The third kappa shape index (κ3) is 4.96. The summed E-state index contributed by atoms with van der Waals surface area (Å²) in [7, 11) is 0. The Kier molecular flexibility index (Phi) is 5.45. The predicted octanol–water partition coefficient (Wildman–Crippen LogP) is 1.67. The summed E-state index contributed by atoms with van der Waals surface area (Å²) in [6.07, 6.45) is -0.752. The van der Waals surface area contributed by atoms with Crippen LogP contribution in [0.5, 0.6) is 0 Å². The van der Waals surface area contributed by atoms with Crippen molar-refractivity contribution in [2.45, 2.75) is 20.8 Å². The molecule has 0 amide bonds. The van der Waals surface area contributed by atoms with Crippen LogP contribution in [-0.2, 0) is 9.47 Å². The lowest BCUT2D eigenvalue weighted by Crippen LogP contribution is -2.17. The van der Waals surface area contributed by atoms with Gasteiger partial charge in [-0.1, -0.05) is 20.8 Å². The van der Waals surface area contributed by atoms with Gasteiger partial charge in [0.2, 0.25) is 0 Å². The average molecular weight is 174 g/mol. The Labute approximate surface area is 73.0 Å². The lowest BCUT2D eigenvalue weighted by atomic mass is 10.00. The van der Waals surface area contributed by atoms with E-state index in [1.807, 2.05) is 6.92 Å². The van der Waals surface area contributed by atoms with E-state index in [1.54, 1.807) is 0 Å². The third-order valence-electron chi connectivity index (χ3n) is 1.79. The molecule has 4 nitrogen and oxygen atoms in total. The highest BCUT2D eigenvalue weighted by atomic mass is 16.7. The Morgan fingerprint density at radius 2 is 1.92 bits per heavy atom. The largest absolute Gasteiger partial charge is 0.509 e. The lowest BCUT2D eigenvalue weighted by molar-refractivity contribution is 0.0417. The third-order valence-corrected chi connectivity index (χ3v) is 1.79. The number of hydrogen-bond acceptors (Lipinski definition) is 3. The van der Waals surface area contributed by atoms with Crippen molar-refractivity contribution in [1.82, 2.24) is 5.73 Å². The Hall–Kier alpha value is -0.770. The summed E-state index contributed by atoms with van der Waals surface area (Å²) < 4.78 is 9.00. The van der Waals surface area contributed by atoms with Crippen molar-refractivity contribution in [3.05, 3.63) is 0 Å². The zero-order valence-corrected chi connectivity index (χ0v) is 7.79. The van der Waals surface area contributed by atoms with Gasteiger partial charge in [-0.05, 0) is 11.8 Å². The molecule has 1 radical (unpaired) electrons. The molecule has 0 aromatic rings. The molecule has 1 N–H and O–H groups in total. The van der Waals surface area contributed by atoms with Crippen molar-refractivity contribution in [3.63, 3.8) is 0 Å². The molecule has 0 saturated heterocycles. The van der Waals surface area contributed by atoms with Gasteiger partial charge in [0, 0.05) is 0 Å². The van der Waals surface area contributed by atoms with Gasteiger partial charge >= 0.3 is 6.16 Å². The summed E-state index contributed by atoms with van der Waals surface area (Å²) in [4.78, 5) is 10.6. The molecule has 0 aliphatic rings. The van der Waals surface area contributed by atoms with E-state index in [-0.39, 0.29) is 6.73 Å². The smallest absolute Gasteiger partial charge is 0.434 e. The molecule has 0 aromatic heterocycles. The van der Waals surface area contributed by atoms with Crippen molar-refractivity contribution < 1.29 is 14.3 Å². The maximum absolute atomic E-state index is 10.6. The van der Waals surface area contributed by atoms with Crippen molar-refractivity contribution in [1.29, 1.82) is 0 Å². The first kappa shape index (κ1) is 11.2. The van der Waals surface area contributed by atoms with Crippen LogP contribution in [0.3, 0.4) is 0 Å². The second kappa shape index (κ2) is 5.83. The van der Waals surface area contributed by atoms with Crippen LogP contribution in [0.2, 0.25) is 0 Å². The lowest BCUT2D eigenvalue weighted by Gasteiger charge is -2.14. The van der Waals surface area contributed by atoms with Gasteiger partial charge in [0.05, 0.1) is 6.61 Å². The van der Waals surface area contributed by atoms with E-state index in [0.717, 1.165) is 0 Å². The van der Waals surface area contributed by atoms with E-state index < -0.39 is 6.16 Å². The molecule has 0 heterocycles. The SMILES string of the molecule is CC(C)C(C)COC(=O)OC[NH]. The number of rotatable bonds is 4. The normalized spacial score (nSPS) is 12.8. The molecular formula is C8H16NO3. The summed E-state index contributed by atoms with van der Waals surface area (Å²) in [6, 6.07) is 0. The topological polar surface area (TPSA) is 59.3 Å². The van der Waals surface area contributed by atoms with E-state index in [1.165, 1.54) is 0 Å². The Morgan fingerprint density at radius 1 is 1.33 bits per heavy atom. The molecule has 0 aliphatic carbocycles.